The van der Waals surface area contributed by atoms with Gasteiger partial charge in [0.2, 0.25) is 0 Å². The number of nitro groups is 1. The first kappa shape index (κ1) is 23.3. The zero-order chi connectivity index (χ0) is 24.1. The normalized spacial score (nSPS) is 21.0. The second-order valence-corrected chi connectivity index (χ2v) is 10.5. The molecule has 1 fully saturated rings. The molecule has 0 aromatic heterocycles. The molecule has 0 N–H and O–H groups in total. The van der Waals surface area contributed by atoms with Crippen LogP contribution in [0.2, 0.25) is 5.02 Å². The Kier molecular flexibility index (Phi) is 6.01. The van der Waals surface area contributed by atoms with Gasteiger partial charge in [-0.1, -0.05) is 30.7 Å². The van der Waals surface area contributed by atoms with Crippen LogP contribution >= 0.6 is 23.4 Å². The molecule has 2 aromatic rings. The number of nitro benzene ring substituents is 1. The Labute approximate surface area is 201 Å². The molecule has 0 aliphatic carbocycles. The summed E-state index contributed by atoms with van der Waals surface area (Å²) in [5.41, 5.74) is 3.55. The zero-order valence-electron chi connectivity index (χ0n) is 18.8. The summed E-state index contributed by atoms with van der Waals surface area (Å²) < 4.78 is 0. The number of thioether (sulfide) groups is 1. The fourth-order valence-corrected chi connectivity index (χ4v) is 5.44. The Morgan fingerprint density at radius 2 is 1.91 bits per heavy atom. The molecule has 172 valence electrons. The summed E-state index contributed by atoms with van der Waals surface area (Å²) in [5.74, 6) is -0.0729. The molecule has 4 rings (SSSR count). The average molecular weight is 486 g/mol. The molecule has 2 heterocycles. The van der Waals surface area contributed by atoms with E-state index >= 15 is 0 Å². The summed E-state index contributed by atoms with van der Waals surface area (Å²) in [6.45, 7) is 6.64. The Bertz CT molecular complexity index is 1190. The van der Waals surface area contributed by atoms with Crippen LogP contribution in [0.25, 0.3) is 6.08 Å². The van der Waals surface area contributed by atoms with E-state index in [2.05, 4.69) is 32.7 Å². The number of nitrogens with zero attached hydrogens (tertiary/aromatic N) is 3. The maximum absolute atomic E-state index is 13.0. The quantitative estimate of drug-likeness (QED) is 0.291. The molecule has 1 saturated heterocycles. The topological polar surface area (TPSA) is 83.8 Å². The molecule has 0 saturated carbocycles. The van der Waals surface area contributed by atoms with E-state index in [1.54, 1.807) is 18.2 Å². The second kappa shape index (κ2) is 8.50. The number of benzene rings is 2. The molecule has 33 heavy (non-hydrogen) atoms. The summed E-state index contributed by atoms with van der Waals surface area (Å²) in [4.78, 5) is 39.5. The molecule has 2 aromatic carbocycles. The Morgan fingerprint density at radius 3 is 2.55 bits per heavy atom. The number of hydrogen-bond acceptors (Lipinski definition) is 6. The maximum atomic E-state index is 13.0. The van der Waals surface area contributed by atoms with Gasteiger partial charge in [0.25, 0.3) is 16.8 Å². The van der Waals surface area contributed by atoms with E-state index in [4.69, 9.17) is 11.6 Å². The third-order valence-electron chi connectivity index (χ3n) is 6.40. The van der Waals surface area contributed by atoms with E-state index in [0.29, 0.717) is 27.0 Å². The highest BCUT2D eigenvalue weighted by Crippen LogP contribution is 2.45. The molecule has 7 nitrogen and oxygen atoms in total. The van der Waals surface area contributed by atoms with Gasteiger partial charge in [-0.25, -0.2) is 0 Å². The maximum Gasteiger partial charge on any atom is 0.293 e. The van der Waals surface area contributed by atoms with Crippen LogP contribution in [-0.4, -0.2) is 33.6 Å². The number of non-ortho nitro benzene ring substituents is 1. The van der Waals surface area contributed by atoms with Gasteiger partial charge in [0.15, 0.2) is 0 Å². The monoisotopic (exact) mass is 485 g/mol. The Hall–Kier alpha value is -2.84. The Morgan fingerprint density at radius 1 is 1.24 bits per heavy atom. The summed E-state index contributed by atoms with van der Waals surface area (Å²) in [6, 6.07) is 9.75. The van der Waals surface area contributed by atoms with Crippen LogP contribution in [-0.2, 0) is 11.3 Å². The van der Waals surface area contributed by atoms with E-state index in [-0.39, 0.29) is 23.0 Å². The SMILES string of the molecule is CC1CC(C)(C)N(C)c2cc(Cl)c(/C=C3/SC(=O)N(Cc4ccc([N+](=O)[O-])cc4)C3=O)cc21. The van der Waals surface area contributed by atoms with E-state index in [1.165, 1.54) is 12.1 Å². The molecule has 2 amide bonds. The van der Waals surface area contributed by atoms with Crippen LogP contribution in [0.5, 0.6) is 0 Å². The first-order chi connectivity index (χ1) is 15.5. The van der Waals surface area contributed by atoms with Gasteiger partial charge >= 0.3 is 0 Å². The van der Waals surface area contributed by atoms with Crippen molar-refractivity contribution in [3.8, 4) is 0 Å². The van der Waals surface area contributed by atoms with E-state index in [1.807, 2.05) is 12.1 Å². The molecular weight excluding hydrogens is 462 g/mol. The van der Waals surface area contributed by atoms with Crippen LogP contribution in [0.4, 0.5) is 16.2 Å². The highest BCUT2D eigenvalue weighted by molar-refractivity contribution is 8.18. The largest absolute Gasteiger partial charge is 0.369 e. The standard InChI is InChI=1S/C24H24ClN3O4S/c1-14-12-24(2,3)26(4)20-11-19(25)16(9-18(14)20)10-21-22(29)27(23(30)33-21)13-15-5-7-17(8-6-15)28(31)32/h5-11,14H,12-13H2,1-4H3/b21-10+. The van der Waals surface area contributed by atoms with Crippen LogP contribution < -0.4 is 4.90 Å². The van der Waals surface area contributed by atoms with Crippen molar-refractivity contribution in [2.75, 3.05) is 11.9 Å². The van der Waals surface area contributed by atoms with Gasteiger partial charge in [-0.3, -0.25) is 24.6 Å². The van der Waals surface area contributed by atoms with Gasteiger partial charge in [-0.2, -0.15) is 0 Å². The van der Waals surface area contributed by atoms with E-state index < -0.39 is 10.8 Å². The van der Waals surface area contributed by atoms with Crippen molar-refractivity contribution in [3.05, 3.63) is 73.1 Å². The summed E-state index contributed by atoms with van der Waals surface area (Å²) in [5, 5.41) is 11.0. The van der Waals surface area contributed by atoms with Crippen molar-refractivity contribution in [2.24, 2.45) is 0 Å². The first-order valence-electron chi connectivity index (χ1n) is 10.5. The van der Waals surface area contributed by atoms with Gasteiger partial charge in [-0.15, -0.1) is 0 Å². The van der Waals surface area contributed by atoms with Gasteiger partial charge in [0.1, 0.15) is 0 Å². The minimum atomic E-state index is -0.492. The van der Waals surface area contributed by atoms with Crippen molar-refractivity contribution in [1.29, 1.82) is 0 Å². The number of halogens is 1. The smallest absolute Gasteiger partial charge is 0.293 e. The van der Waals surface area contributed by atoms with Crippen molar-refractivity contribution < 1.29 is 14.5 Å². The van der Waals surface area contributed by atoms with Crippen molar-refractivity contribution in [3.63, 3.8) is 0 Å². The lowest BCUT2D eigenvalue weighted by Gasteiger charge is -2.45. The first-order valence-corrected chi connectivity index (χ1v) is 11.7. The molecule has 0 bridgehead atoms. The number of anilines is 1. The summed E-state index contributed by atoms with van der Waals surface area (Å²) >= 11 is 7.46. The van der Waals surface area contributed by atoms with Crippen LogP contribution in [0.1, 0.15) is 49.8 Å². The molecule has 9 heteroatoms. The number of hydrogen-bond donors (Lipinski definition) is 0. The number of carbonyl (C=O) groups excluding carboxylic acids is 2. The van der Waals surface area contributed by atoms with Gasteiger partial charge < -0.3 is 4.90 Å². The summed E-state index contributed by atoms with van der Waals surface area (Å²) in [6.07, 6.45) is 2.67. The lowest BCUT2D eigenvalue weighted by molar-refractivity contribution is -0.384. The zero-order valence-corrected chi connectivity index (χ0v) is 20.4. The van der Waals surface area contributed by atoms with Crippen LogP contribution in [0.15, 0.2) is 41.3 Å². The van der Waals surface area contributed by atoms with Gasteiger partial charge in [0.05, 0.1) is 16.4 Å². The molecule has 0 spiro atoms. The number of rotatable bonds is 4. The molecule has 2 aliphatic heterocycles. The predicted molar refractivity (Wildman–Crippen MR) is 132 cm³/mol. The second-order valence-electron chi connectivity index (χ2n) is 9.10. The predicted octanol–water partition coefficient (Wildman–Crippen LogP) is 6.21. The van der Waals surface area contributed by atoms with Crippen molar-refractivity contribution in [2.45, 2.75) is 45.2 Å². The highest BCUT2D eigenvalue weighted by Gasteiger charge is 2.37. The number of carbonyl (C=O) groups is 2. The lowest BCUT2D eigenvalue weighted by atomic mass is 9.80. The highest BCUT2D eigenvalue weighted by atomic mass is 35.5. The number of fused-ring (bicyclic) bond motifs is 1. The average Bonchev–Trinajstić information content (AvgIpc) is 3.00. The molecule has 2 aliphatic rings. The fraction of sp³-hybridized carbons (Fsp3) is 0.333. The fourth-order valence-electron chi connectivity index (χ4n) is 4.40. The number of imide groups is 1. The van der Waals surface area contributed by atoms with Gasteiger partial charge in [0, 0.05) is 35.4 Å². The summed E-state index contributed by atoms with van der Waals surface area (Å²) in [7, 11) is 2.06. The molecule has 1 unspecified atom stereocenters. The molecular formula is C24H24ClN3O4S. The minimum Gasteiger partial charge on any atom is -0.369 e. The lowest BCUT2D eigenvalue weighted by Crippen LogP contribution is -2.45. The van der Waals surface area contributed by atoms with Gasteiger partial charge in [-0.05, 0) is 72.8 Å². The third-order valence-corrected chi connectivity index (χ3v) is 7.63. The van der Waals surface area contributed by atoms with Crippen LogP contribution in [0.3, 0.4) is 0 Å². The molecule has 1 atom stereocenters. The van der Waals surface area contributed by atoms with E-state index in [0.717, 1.165) is 34.3 Å². The van der Waals surface area contributed by atoms with Crippen LogP contribution in [0, 0.1) is 10.1 Å². The minimum absolute atomic E-state index is 0.0117. The van der Waals surface area contributed by atoms with E-state index in [9.17, 15) is 19.7 Å². The molecule has 0 radical (unpaired) electrons. The third kappa shape index (κ3) is 4.37. The number of amides is 2. The van der Waals surface area contributed by atoms with Crippen molar-refractivity contribution >= 4 is 52.0 Å². The Balaban J connectivity index is 1.60. The van der Waals surface area contributed by atoms with Crippen molar-refractivity contribution in [1.82, 2.24) is 4.90 Å².